The molecule has 1 aliphatic heterocycles. The summed E-state index contributed by atoms with van der Waals surface area (Å²) in [5, 5.41) is 12.0. The van der Waals surface area contributed by atoms with Gasteiger partial charge >= 0.3 is 0 Å². The van der Waals surface area contributed by atoms with E-state index in [9.17, 15) is 4.79 Å². The lowest BCUT2D eigenvalue weighted by Crippen LogP contribution is -2.29. The number of hydrogen-bond acceptors (Lipinski definition) is 4. The molecule has 5 rings (SSSR count). The molecular formula is C27H31ClFN5O. The summed E-state index contributed by atoms with van der Waals surface area (Å²) in [6.45, 7) is 5.22. The van der Waals surface area contributed by atoms with Crippen LogP contribution < -0.4 is 10.2 Å². The van der Waals surface area contributed by atoms with E-state index in [4.69, 9.17) is 11.6 Å². The lowest BCUT2D eigenvalue weighted by Gasteiger charge is -2.27. The van der Waals surface area contributed by atoms with Gasteiger partial charge in [-0.2, -0.15) is 0 Å². The lowest BCUT2D eigenvalue weighted by molar-refractivity contribution is 0.0996. The van der Waals surface area contributed by atoms with Gasteiger partial charge in [-0.1, -0.05) is 37.1 Å². The van der Waals surface area contributed by atoms with E-state index in [0.29, 0.717) is 28.4 Å². The maximum absolute atomic E-state index is 16.2. The maximum atomic E-state index is 16.2. The molecule has 2 aromatic carbocycles. The zero-order valence-corrected chi connectivity index (χ0v) is 21.1. The first-order chi connectivity index (χ1) is 16.8. The molecule has 1 amide bonds. The Bertz CT molecular complexity index is 1260. The summed E-state index contributed by atoms with van der Waals surface area (Å²) in [6.07, 6.45) is 5.57. The van der Waals surface area contributed by atoms with Crippen LogP contribution in [-0.4, -0.2) is 27.2 Å². The van der Waals surface area contributed by atoms with Gasteiger partial charge in [0.1, 0.15) is 6.33 Å². The van der Waals surface area contributed by atoms with Crippen LogP contribution in [-0.2, 0) is 19.3 Å². The third kappa shape index (κ3) is 4.25. The Balaban J connectivity index is 1.41. The largest absolute Gasteiger partial charge is 0.318 e. The molecule has 1 N–H and O–H groups in total. The Hall–Kier alpha value is -2.77. The molecule has 6 nitrogen and oxygen atoms in total. The smallest absolute Gasteiger partial charge is 0.258 e. The van der Waals surface area contributed by atoms with Crippen molar-refractivity contribution in [3.63, 3.8) is 0 Å². The van der Waals surface area contributed by atoms with Crippen molar-refractivity contribution in [2.75, 3.05) is 11.4 Å². The normalized spacial score (nSPS) is 18.3. The number of carbonyl (C=O) groups is 1. The molecule has 0 saturated heterocycles. The van der Waals surface area contributed by atoms with E-state index in [2.05, 4.69) is 22.4 Å². The number of anilines is 1. The first kappa shape index (κ1) is 23.9. The minimum absolute atomic E-state index is 0.103. The predicted octanol–water partition coefficient (Wildman–Crippen LogP) is 5.70. The molecule has 2 atom stereocenters. The predicted molar refractivity (Wildman–Crippen MR) is 135 cm³/mol. The minimum Gasteiger partial charge on any atom is -0.318 e. The molecule has 2 aliphatic rings. The van der Waals surface area contributed by atoms with Crippen LogP contribution in [0.25, 0.3) is 0 Å². The van der Waals surface area contributed by atoms with Crippen molar-refractivity contribution < 1.29 is 9.18 Å². The standard InChI is InChI=1S/C27H31ClFN5O/c1-4-27(29,26-32-31-16-33(26)3)20-9-6-10-21(13-20)34-15-23-22(25(34)35)11-19(12-24(23)28)17(2)30-14-18-7-5-8-18/h6,9-13,16-18,30H,4-5,7-8,14-15H2,1-3H3/t17-,27-/m1/s1. The number of carbonyl (C=O) groups excluding carboxylic acids is 1. The number of halogens is 2. The number of fused-ring (bicyclic) bond motifs is 1. The number of alkyl halides is 1. The molecule has 0 bridgehead atoms. The second-order valence-electron chi connectivity index (χ2n) is 9.82. The number of rotatable bonds is 8. The minimum atomic E-state index is -1.82. The highest BCUT2D eigenvalue weighted by molar-refractivity contribution is 6.32. The first-order valence-electron chi connectivity index (χ1n) is 12.3. The molecule has 3 aromatic rings. The van der Waals surface area contributed by atoms with E-state index in [0.717, 1.165) is 23.6 Å². The number of aromatic nitrogens is 3. The molecule has 2 heterocycles. The highest BCUT2D eigenvalue weighted by Gasteiger charge is 2.38. The SMILES string of the molecule is CC[C@@](F)(c1cccc(N2Cc3c(Cl)cc([C@@H](C)NCC4CCC4)cc3C2=O)c1)c1nncn1C. The zero-order valence-electron chi connectivity index (χ0n) is 20.4. The summed E-state index contributed by atoms with van der Waals surface area (Å²) < 4.78 is 17.8. The Morgan fingerprint density at radius 2 is 2.09 bits per heavy atom. The average molecular weight is 496 g/mol. The molecule has 0 radical (unpaired) electrons. The summed E-state index contributed by atoms with van der Waals surface area (Å²) in [5.74, 6) is 0.870. The number of nitrogens with one attached hydrogen (secondary N) is 1. The second kappa shape index (κ2) is 9.36. The highest BCUT2D eigenvalue weighted by atomic mass is 35.5. The number of aryl methyl sites for hydroxylation is 1. The Morgan fingerprint density at radius 3 is 2.74 bits per heavy atom. The molecule has 0 spiro atoms. The topological polar surface area (TPSA) is 63.1 Å². The van der Waals surface area contributed by atoms with Gasteiger partial charge in [-0.3, -0.25) is 4.79 Å². The first-order valence-corrected chi connectivity index (χ1v) is 12.7. The molecule has 184 valence electrons. The van der Waals surface area contributed by atoms with Gasteiger partial charge in [-0.15, -0.1) is 10.2 Å². The van der Waals surface area contributed by atoms with E-state index < -0.39 is 5.67 Å². The van der Waals surface area contributed by atoms with E-state index in [-0.39, 0.29) is 24.2 Å². The van der Waals surface area contributed by atoms with Crippen molar-refractivity contribution in [1.29, 1.82) is 0 Å². The van der Waals surface area contributed by atoms with Crippen molar-refractivity contribution in [3.05, 3.63) is 75.8 Å². The van der Waals surface area contributed by atoms with E-state index >= 15 is 4.39 Å². The Kier molecular flexibility index (Phi) is 6.40. The van der Waals surface area contributed by atoms with Gasteiger partial charge in [-0.05, 0) is 74.0 Å². The second-order valence-corrected chi connectivity index (χ2v) is 10.2. The summed E-state index contributed by atoms with van der Waals surface area (Å²) in [5.41, 5.74) is 1.70. The van der Waals surface area contributed by atoms with E-state index in [1.807, 2.05) is 18.2 Å². The number of amides is 1. The quantitative estimate of drug-likeness (QED) is 0.435. The fraction of sp³-hybridized carbons (Fsp3) is 0.444. The van der Waals surface area contributed by atoms with Crippen molar-refractivity contribution in [1.82, 2.24) is 20.1 Å². The average Bonchev–Trinajstić information content (AvgIpc) is 3.41. The van der Waals surface area contributed by atoms with Crippen molar-refractivity contribution in [2.45, 2.75) is 57.8 Å². The molecule has 1 saturated carbocycles. The molecule has 1 aromatic heterocycles. The van der Waals surface area contributed by atoms with Gasteiger partial charge in [0, 0.05) is 34.9 Å². The Morgan fingerprint density at radius 1 is 1.29 bits per heavy atom. The summed E-state index contributed by atoms with van der Waals surface area (Å²) in [4.78, 5) is 15.2. The third-order valence-electron chi connectivity index (χ3n) is 7.62. The summed E-state index contributed by atoms with van der Waals surface area (Å²) in [7, 11) is 1.73. The van der Waals surface area contributed by atoms with Crippen LogP contribution >= 0.6 is 11.6 Å². The van der Waals surface area contributed by atoms with Crippen LogP contribution in [0.4, 0.5) is 10.1 Å². The highest BCUT2D eigenvalue weighted by Crippen LogP contribution is 2.40. The van der Waals surface area contributed by atoms with Gasteiger partial charge in [-0.25, -0.2) is 4.39 Å². The maximum Gasteiger partial charge on any atom is 0.258 e. The van der Waals surface area contributed by atoms with Crippen molar-refractivity contribution >= 4 is 23.2 Å². The molecule has 1 fully saturated rings. The van der Waals surface area contributed by atoms with Gasteiger partial charge in [0.05, 0.1) is 6.54 Å². The van der Waals surface area contributed by atoms with Crippen LogP contribution in [0, 0.1) is 5.92 Å². The Labute approximate surface area is 210 Å². The molecule has 1 aliphatic carbocycles. The van der Waals surface area contributed by atoms with Crippen LogP contribution in [0.15, 0.2) is 42.7 Å². The number of hydrogen-bond donors (Lipinski definition) is 1. The molecule has 8 heteroatoms. The van der Waals surface area contributed by atoms with E-state index in [1.165, 1.54) is 25.6 Å². The summed E-state index contributed by atoms with van der Waals surface area (Å²) >= 11 is 6.66. The van der Waals surface area contributed by atoms with Crippen molar-refractivity contribution in [3.8, 4) is 0 Å². The zero-order chi connectivity index (χ0) is 24.7. The van der Waals surface area contributed by atoms with Gasteiger partial charge in [0.2, 0.25) is 0 Å². The van der Waals surface area contributed by atoms with Crippen LogP contribution in [0.1, 0.15) is 78.4 Å². The van der Waals surface area contributed by atoms with Crippen molar-refractivity contribution in [2.24, 2.45) is 13.0 Å². The number of benzene rings is 2. The molecular weight excluding hydrogens is 465 g/mol. The van der Waals surface area contributed by atoms with Crippen LogP contribution in [0.2, 0.25) is 5.02 Å². The molecule has 35 heavy (non-hydrogen) atoms. The van der Waals surface area contributed by atoms with E-state index in [1.54, 1.807) is 41.6 Å². The fourth-order valence-corrected chi connectivity index (χ4v) is 5.34. The van der Waals surface area contributed by atoms with Gasteiger partial charge < -0.3 is 14.8 Å². The number of nitrogens with zero attached hydrogens (tertiary/aromatic N) is 4. The summed E-state index contributed by atoms with van der Waals surface area (Å²) in [6, 6.07) is 11.1. The third-order valence-corrected chi connectivity index (χ3v) is 7.95. The lowest BCUT2D eigenvalue weighted by atomic mass is 9.85. The monoisotopic (exact) mass is 495 g/mol. The fourth-order valence-electron chi connectivity index (χ4n) is 5.05. The van der Waals surface area contributed by atoms with Crippen LogP contribution in [0.3, 0.4) is 0 Å². The van der Waals surface area contributed by atoms with Gasteiger partial charge in [0.25, 0.3) is 5.91 Å². The molecule has 0 unspecified atom stereocenters. The van der Waals surface area contributed by atoms with Gasteiger partial charge in [0.15, 0.2) is 11.5 Å². The van der Waals surface area contributed by atoms with Crippen LogP contribution in [0.5, 0.6) is 0 Å².